The Kier molecular flexibility index (Phi) is 4.31. The van der Waals surface area contributed by atoms with Crippen LogP contribution in [-0.4, -0.2) is 39.6 Å². The number of carbonyl (C=O) groups is 1. The Morgan fingerprint density at radius 2 is 2.23 bits per heavy atom. The maximum atomic E-state index is 12.3. The number of hydrogen-bond acceptors (Lipinski definition) is 5. The second-order valence-electron chi connectivity index (χ2n) is 5.76. The van der Waals surface area contributed by atoms with Crippen molar-refractivity contribution in [2.45, 2.75) is 25.5 Å². The molecule has 0 saturated carbocycles. The van der Waals surface area contributed by atoms with Crippen LogP contribution in [0.1, 0.15) is 12.8 Å². The monoisotopic (exact) mass is 301 g/mol. The molecule has 0 radical (unpaired) electrons. The highest BCUT2D eigenvalue weighted by Gasteiger charge is 2.25. The van der Waals surface area contributed by atoms with Crippen LogP contribution in [-0.2, 0) is 11.3 Å². The molecule has 2 heterocycles. The van der Waals surface area contributed by atoms with Gasteiger partial charge in [0.25, 0.3) is 5.56 Å². The molecule has 2 atom stereocenters. The molecule has 0 bridgehead atoms. The molecule has 0 amide bonds. The lowest BCUT2D eigenvalue weighted by molar-refractivity contribution is -0.121. The van der Waals surface area contributed by atoms with Crippen molar-refractivity contribution in [2.75, 3.05) is 13.1 Å². The number of nitrogens with one attached hydrogen (secondary N) is 1. The van der Waals surface area contributed by atoms with E-state index in [2.05, 4.69) is 10.3 Å². The van der Waals surface area contributed by atoms with E-state index in [1.165, 1.54) is 10.9 Å². The van der Waals surface area contributed by atoms with Crippen molar-refractivity contribution >= 4 is 16.7 Å². The van der Waals surface area contributed by atoms with E-state index in [0.717, 1.165) is 6.54 Å². The Hall–Kier alpha value is -2.05. The average molecular weight is 301 g/mol. The summed E-state index contributed by atoms with van der Waals surface area (Å²) in [6.07, 6.45) is 1.90. The predicted octanol–water partition coefficient (Wildman–Crippen LogP) is 0.326. The lowest BCUT2D eigenvalue weighted by Crippen LogP contribution is -2.41. The lowest BCUT2D eigenvalue weighted by Gasteiger charge is -2.27. The molecule has 116 valence electrons. The predicted molar refractivity (Wildman–Crippen MR) is 82.6 cm³/mol. The molecule has 6 heteroatoms. The fourth-order valence-electron chi connectivity index (χ4n) is 2.88. The maximum absolute atomic E-state index is 12.3. The first kappa shape index (κ1) is 14.9. The van der Waals surface area contributed by atoms with Crippen molar-refractivity contribution in [1.29, 1.82) is 0 Å². The second-order valence-corrected chi connectivity index (χ2v) is 5.76. The van der Waals surface area contributed by atoms with E-state index < -0.39 is 6.10 Å². The molecular weight excluding hydrogens is 282 g/mol. The fourth-order valence-corrected chi connectivity index (χ4v) is 2.88. The number of aromatic nitrogens is 2. The van der Waals surface area contributed by atoms with Crippen molar-refractivity contribution in [3.63, 3.8) is 0 Å². The summed E-state index contributed by atoms with van der Waals surface area (Å²) < 4.78 is 1.34. The summed E-state index contributed by atoms with van der Waals surface area (Å²) in [7, 11) is 0. The summed E-state index contributed by atoms with van der Waals surface area (Å²) >= 11 is 0. The van der Waals surface area contributed by atoms with Gasteiger partial charge in [0, 0.05) is 18.9 Å². The van der Waals surface area contributed by atoms with Gasteiger partial charge in [-0.2, -0.15) is 0 Å². The molecular formula is C16H19N3O3. The Balaban J connectivity index is 1.74. The molecule has 0 spiro atoms. The molecule has 2 unspecified atom stereocenters. The molecule has 2 aromatic rings. The number of carbonyl (C=O) groups excluding carboxylic acids is 1. The molecule has 2 N–H and O–H groups in total. The summed E-state index contributed by atoms with van der Waals surface area (Å²) in [5.41, 5.74) is 0.421. The van der Waals surface area contributed by atoms with Gasteiger partial charge in [0.15, 0.2) is 5.78 Å². The van der Waals surface area contributed by atoms with Crippen LogP contribution in [0.4, 0.5) is 0 Å². The lowest BCUT2D eigenvalue weighted by atomic mass is 9.91. The van der Waals surface area contributed by atoms with Crippen molar-refractivity contribution < 1.29 is 9.90 Å². The van der Waals surface area contributed by atoms with Gasteiger partial charge in [0.05, 0.1) is 29.9 Å². The summed E-state index contributed by atoms with van der Waals surface area (Å²) in [6, 6.07) is 7.08. The van der Waals surface area contributed by atoms with E-state index in [9.17, 15) is 14.7 Å². The van der Waals surface area contributed by atoms with Crippen LogP contribution in [0, 0.1) is 5.92 Å². The molecule has 1 aromatic heterocycles. The van der Waals surface area contributed by atoms with E-state index in [4.69, 9.17) is 0 Å². The molecule has 3 rings (SSSR count). The van der Waals surface area contributed by atoms with E-state index in [1.54, 1.807) is 18.2 Å². The molecule has 1 saturated heterocycles. The number of Topliss-reactive ketones (excluding diaryl/α,β-unsaturated/α-hetero) is 1. The maximum Gasteiger partial charge on any atom is 0.261 e. The molecule has 6 nitrogen and oxygen atoms in total. The topological polar surface area (TPSA) is 84.2 Å². The van der Waals surface area contributed by atoms with E-state index in [1.807, 2.05) is 6.07 Å². The van der Waals surface area contributed by atoms with Gasteiger partial charge in [-0.25, -0.2) is 4.98 Å². The summed E-state index contributed by atoms with van der Waals surface area (Å²) in [4.78, 5) is 28.7. The number of ketones is 1. The van der Waals surface area contributed by atoms with Gasteiger partial charge in [0.1, 0.15) is 0 Å². The SMILES string of the molecule is O=C(CC1CNCCC1O)Cn1cnc2ccccc2c1=O. The van der Waals surface area contributed by atoms with Gasteiger partial charge >= 0.3 is 0 Å². The first-order chi connectivity index (χ1) is 10.6. The first-order valence-electron chi connectivity index (χ1n) is 7.50. The van der Waals surface area contributed by atoms with Crippen LogP contribution < -0.4 is 10.9 Å². The van der Waals surface area contributed by atoms with E-state index in [0.29, 0.717) is 23.9 Å². The van der Waals surface area contributed by atoms with Crippen LogP contribution in [0.3, 0.4) is 0 Å². The van der Waals surface area contributed by atoms with Gasteiger partial charge in [-0.1, -0.05) is 12.1 Å². The second kappa shape index (κ2) is 6.37. The quantitative estimate of drug-likeness (QED) is 0.850. The summed E-state index contributed by atoms with van der Waals surface area (Å²) in [6.45, 7) is 1.41. The highest BCUT2D eigenvalue weighted by Crippen LogP contribution is 2.15. The zero-order chi connectivity index (χ0) is 15.5. The van der Waals surface area contributed by atoms with Gasteiger partial charge in [-0.3, -0.25) is 14.2 Å². The number of piperidine rings is 1. The van der Waals surface area contributed by atoms with Crippen LogP contribution in [0.2, 0.25) is 0 Å². The number of benzene rings is 1. The third-order valence-corrected chi connectivity index (χ3v) is 4.14. The molecule has 1 aliphatic rings. The Labute approximate surface area is 127 Å². The number of hydrogen-bond donors (Lipinski definition) is 2. The zero-order valence-electron chi connectivity index (χ0n) is 12.2. The third kappa shape index (κ3) is 3.08. The fraction of sp³-hybridized carbons (Fsp3) is 0.438. The van der Waals surface area contributed by atoms with Crippen molar-refractivity contribution in [3.8, 4) is 0 Å². The minimum absolute atomic E-state index is 0.000111. The summed E-state index contributed by atoms with van der Waals surface area (Å²) in [5, 5.41) is 13.6. The van der Waals surface area contributed by atoms with Crippen LogP contribution in [0.15, 0.2) is 35.4 Å². The number of para-hydroxylation sites is 1. The Morgan fingerprint density at radius 3 is 3.05 bits per heavy atom. The highest BCUT2D eigenvalue weighted by atomic mass is 16.3. The number of fused-ring (bicyclic) bond motifs is 1. The van der Waals surface area contributed by atoms with Crippen molar-refractivity contribution in [2.24, 2.45) is 5.92 Å². The Morgan fingerprint density at radius 1 is 1.41 bits per heavy atom. The van der Waals surface area contributed by atoms with Gasteiger partial charge in [-0.15, -0.1) is 0 Å². The standard InChI is InChI=1S/C16H19N3O3/c20-12(7-11-8-17-6-5-15(11)21)9-19-10-18-14-4-2-1-3-13(14)16(19)22/h1-4,10-11,15,17,21H,5-9H2. The van der Waals surface area contributed by atoms with Crippen LogP contribution >= 0.6 is 0 Å². The molecule has 1 aromatic carbocycles. The number of nitrogens with zero attached hydrogens (tertiary/aromatic N) is 2. The summed E-state index contributed by atoms with van der Waals surface area (Å²) in [5.74, 6) is -0.141. The van der Waals surface area contributed by atoms with E-state index in [-0.39, 0.29) is 30.2 Å². The smallest absolute Gasteiger partial charge is 0.261 e. The highest BCUT2D eigenvalue weighted by molar-refractivity contribution is 5.80. The molecule has 1 aliphatic heterocycles. The van der Waals surface area contributed by atoms with Crippen molar-refractivity contribution in [1.82, 2.24) is 14.9 Å². The van der Waals surface area contributed by atoms with Gasteiger partial charge in [0.2, 0.25) is 0 Å². The third-order valence-electron chi connectivity index (χ3n) is 4.14. The molecule has 1 fully saturated rings. The number of aliphatic hydroxyl groups is 1. The first-order valence-corrected chi connectivity index (χ1v) is 7.50. The van der Waals surface area contributed by atoms with Crippen LogP contribution in [0.25, 0.3) is 10.9 Å². The van der Waals surface area contributed by atoms with Crippen LogP contribution in [0.5, 0.6) is 0 Å². The van der Waals surface area contributed by atoms with Gasteiger partial charge < -0.3 is 10.4 Å². The minimum Gasteiger partial charge on any atom is -0.393 e. The average Bonchev–Trinajstić information content (AvgIpc) is 2.53. The molecule has 22 heavy (non-hydrogen) atoms. The normalized spacial score (nSPS) is 21.9. The Bertz CT molecular complexity index is 741. The number of rotatable bonds is 4. The zero-order valence-corrected chi connectivity index (χ0v) is 12.2. The van der Waals surface area contributed by atoms with E-state index >= 15 is 0 Å². The molecule has 0 aliphatic carbocycles. The largest absolute Gasteiger partial charge is 0.393 e. The van der Waals surface area contributed by atoms with Gasteiger partial charge in [-0.05, 0) is 25.1 Å². The number of aliphatic hydroxyl groups excluding tert-OH is 1. The minimum atomic E-state index is -0.448. The van der Waals surface area contributed by atoms with Crippen molar-refractivity contribution in [3.05, 3.63) is 40.9 Å².